The van der Waals surface area contributed by atoms with Crippen molar-refractivity contribution in [3.05, 3.63) is 69.9 Å². The highest BCUT2D eigenvalue weighted by molar-refractivity contribution is 6.31. The number of aryl methyl sites for hydroxylation is 1. The average molecular weight is 295 g/mol. The number of rotatable bonds is 2. The van der Waals surface area contributed by atoms with E-state index in [4.69, 9.17) is 11.6 Å². The van der Waals surface area contributed by atoms with Crippen molar-refractivity contribution in [2.24, 2.45) is 0 Å². The van der Waals surface area contributed by atoms with Gasteiger partial charge in [0.05, 0.1) is 11.6 Å². The molecule has 0 spiro atoms. The van der Waals surface area contributed by atoms with Crippen LogP contribution in [0.4, 0.5) is 0 Å². The quantitative estimate of drug-likeness (QED) is 0.719. The third-order valence-electron chi connectivity index (χ3n) is 3.50. The molecule has 0 fully saturated rings. The van der Waals surface area contributed by atoms with Gasteiger partial charge in [-0.05, 0) is 42.8 Å². The minimum absolute atomic E-state index is 0.113. The summed E-state index contributed by atoms with van der Waals surface area (Å²) < 4.78 is 0. The van der Waals surface area contributed by atoms with Gasteiger partial charge in [-0.2, -0.15) is 5.26 Å². The van der Waals surface area contributed by atoms with Gasteiger partial charge in [-0.25, -0.2) is 0 Å². The number of carbonyl (C=O) groups excluding carboxylic acids is 1. The number of aromatic amines is 1. The first-order chi connectivity index (χ1) is 10.1. The summed E-state index contributed by atoms with van der Waals surface area (Å²) in [6.45, 7) is 1.85. The van der Waals surface area contributed by atoms with E-state index in [0.717, 1.165) is 11.1 Å². The van der Waals surface area contributed by atoms with Gasteiger partial charge < -0.3 is 4.98 Å². The largest absolute Gasteiger partial charge is 0.360 e. The molecule has 2 aromatic carbocycles. The maximum atomic E-state index is 12.7. The standard InChI is InChI=1S/C17H11ClN2O/c1-10-7-12(18)5-6-13(10)17(21)14-9-20-15-4-2-3-11(8-19)16(14)15/h2-7,9,20H,1H3. The van der Waals surface area contributed by atoms with Gasteiger partial charge >= 0.3 is 0 Å². The molecule has 0 unspecified atom stereocenters. The van der Waals surface area contributed by atoms with Crippen molar-refractivity contribution in [3.8, 4) is 6.07 Å². The van der Waals surface area contributed by atoms with Crippen molar-refractivity contribution >= 4 is 28.3 Å². The second-order valence-electron chi connectivity index (χ2n) is 4.83. The van der Waals surface area contributed by atoms with Gasteiger partial charge in [0.1, 0.15) is 0 Å². The Bertz CT molecular complexity index is 903. The summed E-state index contributed by atoms with van der Waals surface area (Å²) in [5.74, 6) is -0.113. The molecular weight excluding hydrogens is 284 g/mol. The van der Waals surface area contributed by atoms with E-state index < -0.39 is 0 Å². The number of benzene rings is 2. The van der Waals surface area contributed by atoms with Crippen molar-refractivity contribution in [1.82, 2.24) is 4.98 Å². The van der Waals surface area contributed by atoms with Crippen LogP contribution >= 0.6 is 11.6 Å². The van der Waals surface area contributed by atoms with Gasteiger partial charge in [-0.3, -0.25) is 4.79 Å². The van der Waals surface area contributed by atoms with E-state index in [1.54, 1.807) is 36.5 Å². The lowest BCUT2D eigenvalue weighted by molar-refractivity contribution is 0.103. The summed E-state index contributed by atoms with van der Waals surface area (Å²) in [5.41, 5.74) is 3.18. The van der Waals surface area contributed by atoms with Crippen molar-refractivity contribution in [2.75, 3.05) is 0 Å². The summed E-state index contributed by atoms with van der Waals surface area (Å²) in [5, 5.41) is 10.5. The van der Waals surface area contributed by atoms with Crippen LogP contribution in [0, 0.1) is 18.3 Å². The normalized spacial score (nSPS) is 10.5. The van der Waals surface area contributed by atoms with E-state index in [-0.39, 0.29) is 5.78 Å². The molecule has 0 atom stereocenters. The maximum absolute atomic E-state index is 12.7. The minimum Gasteiger partial charge on any atom is -0.360 e. The van der Waals surface area contributed by atoms with E-state index in [2.05, 4.69) is 11.1 Å². The van der Waals surface area contributed by atoms with Crippen LogP contribution in [0.25, 0.3) is 10.9 Å². The monoisotopic (exact) mass is 294 g/mol. The average Bonchev–Trinajstić information content (AvgIpc) is 2.90. The van der Waals surface area contributed by atoms with E-state index in [1.807, 2.05) is 13.0 Å². The molecule has 0 amide bonds. The van der Waals surface area contributed by atoms with E-state index in [0.29, 0.717) is 27.1 Å². The third-order valence-corrected chi connectivity index (χ3v) is 3.74. The number of carbonyl (C=O) groups is 1. The Kier molecular flexibility index (Phi) is 3.25. The third kappa shape index (κ3) is 2.20. The Labute approximate surface area is 126 Å². The predicted molar refractivity (Wildman–Crippen MR) is 82.6 cm³/mol. The lowest BCUT2D eigenvalue weighted by Crippen LogP contribution is -2.03. The molecule has 0 aliphatic rings. The second-order valence-corrected chi connectivity index (χ2v) is 5.27. The maximum Gasteiger partial charge on any atom is 0.195 e. The van der Waals surface area contributed by atoms with Crippen LogP contribution in [0.3, 0.4) is 0 Å². The topological polar surface area (TPSA) is 56.6 Å². The summed E-state index contributed by atoms with van der Waals surface area (Å²) in [6, 6.07) is 12.7. The number of halogens is 1. The van der Waals surface area contributed by atoms with Crippen LogP contribution < -0.4 is 0 Å². The molecule has 1 N–H and O–H groups in total. The van der Waals surface area contributed by atoms with E-state index in [9.17, 15) is 10.1 Å². The molecule has 21 heavy (non-hydrogen) atoms. The Morgan fingerprint density at radius 1 is 1.24 bits per heavy atom. The molecule has 0 aliphatic carbocycles. The molecule has 4 heteroatoms. The highest BCUT2D eigenvalue weighted by atomic mass is 35.5. The van der Waals surface area contributed by atoms with Crippen LogP contribution in [0.15, 0.2) is 42.6 Å². The van der Waals surface area contributed by atoms with Crippen LogP contribution in [0.1, 0.15) is 27.0 Å². The zero-order valence-corrected chi connectivity index (χ0v) is 12.0. The first-order valence-corrected chi connectivity index (χ1v) is 6.80. The van der Waals surface area contributed by atoms with Crippen LogP contribution in [0.5, 0.6) is 0 Å². The number of nitrogens with zero attached hydrogens (tertiary/aromatic N) is 1. The fourth-order valence-electron chi connectivity index (χ4n) is 2.48. The number of nitrogens with one attached hydrogen (secondary N) is 1. The fourth-order valence-corrected chi connectivity index (χ4v) is 2.71. The van der Waals surface area contributed by atoms with Gasteiger partial charge in [0, 0.05) is 33.2 Å². The number of nitriles is 1. The SMILES string of the molecule is Cc1cc(Cl)ccc1C(=O)c1c[nH]c2cccc(C#N)c12. The van der Waals surface area contributed by atoms with Gasteiger partial charge in [-0.1, -0.05) is 17.7 Å². The molecule has 0 aliphatic heterocycles. The summed E-state index contributed by atoms with van der Waals surface area (Å²) in [6.07, 6.45) is 1.65. The number of ketones is 1. The van der Waals surface area contributed by atoms with Crippen molar-refractivity contribution in [2.45, 2.75) is 6.92 Å². The Hall–Kier alpha value is -2.57. The number of hydrogen-bond donors (Lipinski definition) is 1. The minimum atomic E-state index is -0.113. The number of aromatic nitrogens is 1. The van der Waals surface area contributed by atoms with E-state index in [1.165, 1.54) is 0 Å². The smallest absolute Gasteiger partial charge is 0.195 e. The number of hydrogen-bond acceptors (Lipinski definition) is 2. The van der Waals surface area contributed by atoms with Crippen molar-refractivity contribution in [3.63, 3.8) is 0 Å². The first kappa shape index (κ1) is 13.4. The highest BCUT2D eigenvalue weighted by Gasteiger charge is 2.18. The van der Waals surface area contributed by atoms with Gasteiger partial charge in [0.25, 0.3) is 0 Å². The van der Waals surface area contributed by atoms with E-state index >= 15 is 0 Å². The summed E-state index contributed by atoms with van der Waals surface area (Å²) in [4.78, 5) is 15.8. The Morgan fingerprint density at radius 2 is 2.05 bits per heavy atom. The lowest BCUT2D eigenvalue weighted by atomic mass is 9.97. The van der Waals surface area contributed by atoms with Crippen LogP contribution in [0.2, 0.25) is 5.02 Å². The highest BCUT2D eigenvalue weighted by Crippen LogP contribution is 2.26. The van der Waals surface area contributed by atoms with Gasteiger partial charge in [0.2, 0.25) is 0 Å². The molecule has 3 rings (SSSR count). The lowest BCUT2D eigenvalue weighted by Gasteiger charge is -2.05. The fraction of sp³-hybridized carbons (Fsp3) is 0.0588. The van der Waals surface area contributed by atoms with Gasteiger partial charge in [-0.15, -0.1) is 0 Å². The first-order valence-electron chi connectivity index (χ1n) is 6.43. The van der Waals surface area contributed by atoms with Crippen LogP contribution in [-0.4, -0.2) is 10.8 Å². The molecule has 3 nitrogen and oxygen atoms in total. The molecule has 102 valence electrons. The molecule has 1 heterocycles. The summed E-state index contributed by atoms with van der Waals surface area (Å²) >= 11 is 5.93. The van der Waals surface area contributed by atoms with Crippen molar-refractivity contribution < 1.29 is 4.79 Å². The molecule has 0 saturated carbocycles. The molecule has 0 saturated heterocycles. The predicted octanol–water partition coefficient (Wildman–Crippen LogP) is 4.23. The van der Waals surface area contributed by atoms with Crippen LogP contribution in [-0.2, 0) is 0 Å². The molecular formula is C17H11ClN2O. The second kappa shape index (κ2) is 5.08. The Morgan fingerprint density at radius 3 is 2.76 bits per heavy atom. The van der Waals surface area contributed by atoms with Crippen molar-refractivity contribution in [1.29, 1.82) is 5.26 Å². The zero-order chi connectivity index (χ0) is 15.0. The molecule has 0 bridgehead atoms. The Balaban J connectivity index is 2.21. The zero-order valence-electron chi connectivity index (χ0n) is 11.3. The number of H-pyrrole nitrogens is 1. The van der Waals surface area contributed by atoms with Gasteiger partial charge in [0.15, 0.2) is 5.78 Å². The molecule has 1 aromatic heterocycles. The summed E-state index contributed by atoms with van der Waals surface area (Å²) in [7, 11) is 0. The molecule has 0 radical (unpaired) electrons. The number of fused-ring (bicyclic) bond motifs is 1. The molecule has 3 aromatic rings.